The van der Waals surface area contributed by atoms with Gasteiger partial charge in [0.05, 0.1) is 0 Å². The maximum absolute atomic E-state index is 12.1. The van der Waals surface area contributed by atoms with E-state index in [1.807, 2.05) is 0 Å². The van der Waals surface area contributed by atoms with Gasteiger partial charge < -0.3 is 15.7 Å². The van der Waals surface area contributed by atoms with Gasteiger partial charge in [-0.2, -0.15) is 0 Å². The second-order valence-electron chi connectivity index (χ2n) is 7.73. The summed E-state index contributed by atoms with van der Waals surface area (Å²) in [6.45, 7) is 0.993. The molecule has 5 unspecified atom stereocenters. The monoisotopic (exact) mass is 278 g/mol. The summed E-state index contributed by atoms with van der Waals surface area (Å²) in [6, 6.07) is 0.433. The van der Waals surface area contributed by atoms with Gasteiger partial charge in [-0.1, -0.05) is 0 Å². The summed E-state index contributed by atoms with van der Waals surface area (Å²) in [4.78, 5) is 12.1. The molecule has 4 heteroatoms. The second kappa shape index (κ2) is 4.90. The lowest BCUT2D eigenvalue weighted by molar-refractivity contribution is 0.139. The highest BCUT2D eigenvalue weighted by Gasteiger charge is 2.49. The molecule has 0 aromatic carbocycles. The molecule has 4 aliphatic rings. The Kier molecular flexibility index (Phi) is 3.17. The van der Waals surface area contributed by atoms with Crippen molar-refractivity contribution in [1.29, 1.82) is 0 Å². The number of carbonyl (C=O) groups is 1. The first-order valence-corrected chi connectivity index (χ1v) is 8.38. The number of aliphatic hydroxyl groups is 1. The van der Waals surface area contributed by atoms with Gasteiger partial charge in [0, 0.05) is 19.2 Å². The van der Waals surface area contributed by atoms with Crippen LogP contribution in [0, 0.1) is 35.5 Å². The van der Waals surface area contributed by atoms with Gasteiger partial charge in [-0.15, -0.1) is 0 Å². The van der Waals surface area contributed by atoms with Crippen LogP contribution in [-0.4, -0.2) is 30.3 Å². The molecule has 4 aliphatic carbocycles. The third-order valence-corrected chi connectivity index (χ3v) is 6.40. The maximum Gasteiger partial charge on any atom is 0.315 e. The largest absolute Gasteiger partial charge is 0.396 e. The average molecular weight is 278 g/mol. The number of aliphatic hydroxyl groups excluding tert-OH is 1. The summed E-state index contributed by atoms with van der Waals surface area (Å²) < 4.78 is 0. The minimum absolute atomic E-state index is 0.0170. The molecular formula is C16H26N2O2. The molecular weight excluding hydrogens is 252 g/mol. The van der Waals surface area contributed by atoms with E-state index in [4.69, 9.17) is 5.11 Å². The molecule has 0 saturated heterocycles. The highest BCUT2D eigenvalue weighted by atomic mass is 16.3. The van der Waals surface area contributed by atoms with Crippen LogP contribution in [0.3, 0.4) is 0 Å². The average Bonchev–Trinajstić information content (AvgIpc) is 3.14. The fourth-order valence-corrected chi connectivity index (χ4v) is 5.35. The number of nitrogens with one attached hydrogen (secondary N) is 2. The van der Waals surface area contributed by atoms with Crippen molar-refractivity contribution in [2.45, 2.75) is 44.6 Å². The maximum atomic E-state index is 12.1. The zero-order chi connectivity index (χ0) is 13.7. The number of carbonyl (C=O) groups excluding carboxylic acids is 1. The Labute approximate surface area is 120 Å². The van der Waals surface area contributed by atoms with Crippen LogP contribution in [-0.2, 0) is 0 Å². The van der Waals surface area contributed by atoms with E-state index in [9.17, 15) is 4.79 Å². The molecule has 4 nitrogen and oxygen atoms in total. The molecule has 0 aromatic rings. The van der Waals surface area contributed by atoms with E-state index in [1.54, 1.807) is 0 Å². The van der Waals surface area contributed by atoms with E-state index in [1.165, 1.54) is 32.1 Å². The third kappa shape index (κ3) is 2.32. The van der Waals surface area contributed by atoms with Gasteiger partial charge in [-0.25, -0.2) is 4.79 Å². The molecule has 0 aliphatic heterocycles. The molecule has 3 bridgehead atoms. The highest BCUT2D eigenvalue weighted by Crippen LogP contribution is 2.55. The van der Waals surface area contributed by atoms with E-state index in [-0.39, 0.29) is 12.6 Å². The molecule has 0 heterocycles. The van der Waals surface area contributed by atoms with Gasteiger partial charge in [0.1, 0.15) is 0 Å². The van der Waals surface area contributed by atoms with Crippen molar-refractivity contribution in [2.24, 2.45) is 35.5 Å². The Bertz CT molecular complexity index is 398. The first kappa shape index (κ1) is 12.9. The van der Waals surface area contributed by atoms with Crippen molar-refractivity contribution in [3.8, 4) is 0 Å². The van der Waals surface area contributed by atoms with Crippen LogP contribution >= 0.6 is 0 Å². The van der Waals surface area contributed by atoms with Crippen LogP contribution in [0.4, 0.5) is 4.79 Å². The Morgan fingerprint density at radius 3 is 2.55 bits per heavy atom. The summed E-state index contributed by atoms with van der Waals surface area (Å²) in [5.41, 5.74) is 0. The zero-order valence-corrected chi connectivity index (χ0v) is 12.1. The van der Waals surface area contributed by atoms with Gasteiger partial charge in [0.15, 0.2) is 0 Å². The quantitative estimate of drug-likeness (QED) is 0.733. The molecule has 2 amide bonds. The molecule has 0 radical (unpaired) electrons. The standard InChI is InChI=1S/C16H26N2O2/c19-8-13-6-12(13)7-17-16(20)18-15-5-10-1-9-2-11(3-10)14(15)4-9/h9-15,19H,1-8H2,(H2,17,18,20)/t9?,10?,11?,12-,13-,14?,15?/m0/s1. The summed E-state index contributed by atoms with van der Waals surface area (Å²) in [6.07, 6.45) is 7.86. The summed E-state index contributed by atoms with van der Waals surface area (Å²) in [7, 11) is 0. The minimum atomic E-state index is 0.0170. The van der Waals surface area contributed by atoms with Gasteiger partial charge >= 0.3 is 6.03 Å². The molecule has 0 spiro atoms. The van der Waals surface area contributed by atoms with Gasteiger partial charge in [0.25, 0.3) is 0 Å². The minimum Gasteiger partial charge on any atom is -0.396 e. The number of fused-ring (bicyclic) bond motifs is 2. The van der Waals surface area contributed by atoms with Crippen molar-refractivity contribution >= 4 is 6.03 Å². The van der Waals surface area contributed by atoms with Gasteiger partial charge in [-0.05, 0) is 74.0 Å². The summed E-state index contributed by atoms with van der Waals surface area (Å²) in [5, 5.41) is 15.3. The van der Waals surface area contributed by atoms with E-state index in [2.05, 4.69) is 10.6 Å². The number of hydrogen-bond donors (Lipinski definition) is 3. The van der Waals surface area contributed by atoms with Gasteiger partial charge in [-0.3, -0.25) is 0 Å². The Balaban J connectivity index is 1.28. The van der Waals surface area contributed by atoms with Crippen molar-refractivity contribution in [3.05, 3.63) is 0 Å². The molecule has 4 saturated carbocycles. The smallest absolute Gasteiger partial charge is 0.315 e. The van der Waals surface area contributed by atoms with Crippen molar-refractivity contribution in [3.63, 3.8) is 0 Å². The third-order valence-electron chi connectivity index (χ3n) is 6.40. The van der Waals surface area contributed by atoms with Crippen LogP contribution in [0.1, 0.15) is 38.5 Å². The number of hydrogen-bond acceptors (Lipinski definition) is 2. The molecule has 3 N–H and O–H groups in total. The van der Waals surface area contributed by atoms with Crippen molar-refractivity contribution in [1.82, 2.24) is 10.6 Å². The lowest BCUT2D eigenvalue weighted by atomic mass is 9.70. The summed E-state index contributed by atoms with van der Waals surface area (Å²) >= 11 is 0. The second-order valence-corrected chi connectivity index (χ2v) is 7.73. The summed E-state index contributed by atoms with van der Waals surface area (Å²) in [5.74, 6) is 4.39. The molecule has 7 atom stereocenters. The molecule has 4 fully saturated rings. The zero-order valence-electron chi connectivity index (χ0n) is 12.1. The predicted molar refractivity (Wildman–Crippen MR) is 76.1 cm³/mol. The van der Waals surface area contributed by atoms with E-state index >= 15 is 0 Å². The normalized spacial score (nSPS) is 48.1. The van der Waals surface area contributed by atoms with E-state index < -0.39 is 0 Å². The van der Waals surface area contributed by atoms with Crippen LogP contribution in [0.25, 0.3) is 0 Å². The highest BCUT2D eigenvalue weighted by molar-refractivity contribution is 5.74. The Hall–Kier alpha value is -0.770. The molecule has 0 aromatic heterocycles. The van der Waals surface area contributed by atoms with E-state index in [0.717, 1.165) is 36.6 Å². The lowest BCUT2D eigenvalue weighted by Crippen LogP contribution is -2.49. The van der Waals surface area contributed by atoms with Crippen molar-refractivity contribution < 1.29 is 9.90 Å². The van der Waals surface area contributed by atoms with Crippen molar-refractivity contribution in [2.75, 3.05) is 13.2 Å². The molecule has 4 rings (SSSR count). The van der Waals surface area contributed by atoms with E-state index in [0.29, 0.717) is 17.9 Å². The van der Waals surface area contributed by atoms with Crippen LogP contribution in [0.2, 0.25) is 0 Å². The Morgan fingerprint density at radius 2 is 1.80 bits per heavy atom. The first-order chi connectivity index (χ1) is 9.72. The number of rotatable bonds is 4. The molecule has 20 heavy (non-hydrogen) atoms. The van der Waals surface area contributed by atoms with Crippen LogP contribution in [0.5, 0.6) is 0 Å². The fraction of sp³-hybridized carbons (Fsp3) is 0.938. The van der Waals surface area contributed by atoms with Gasteiger partial charge in [0.2, 0.25) is 0 Å². The lowest BCUT2D eigenvalue weighted by Gasteiger charge is -2.39. The number of amides is 2. The Morgan fingerprint density at radius 1 is 1.00 bits per heavy atom. The van der Waals surface area contributed by atoms with Crippen LogP contribution in [0.15, 0.2) is 0 Å². The number of urea groups is 1. The first-order valence-electron chi connectivity index (χ1n) is 8.38. The SMILES string of the molecule is O=C(NC[C@@H]1C[C@H]1CO)NC1CC2CC3CC(C2)C1C3. The predicted octanol–water partition coefficient (Wildman–Crippen LogP) is 1.74. The topological polar surface area (TPSA) is 61.4 Å². The molecule has 112 valence electrons. The van der Waals surface area contributed by atoms with Crippen LogP contribution < -0.4 is 10.6 Å². The fourth-order valence-electron chi connectivity index (χ4n) is 5.35.